The number of furan rings is 1. The Bertz CT molecular complexity index is 580. The summed E-state index contributed by atoms with van der Waals surface area (Å²) in [4.78, 5) is 0. The van der Waals surface area contributed by atoms with Crippen molar-refractivity contribution in [2.75, 3.05) is 0 Å². The van der Waals surface area contributed by atoms with Crippen molar-refractivity contribution in [3.8, 4) is 0 Å². The topological polar surface area (TPSA) is 25.2 Å². The maximum Gasteiger partial charge on any atom is 0.134 e. The van der Waals surface area contributed by atoms with Crippen LogP contribution in [0.15, 0.2) is 28.7 Å². The fourth-order valence-corrected chi connectivity index (χ4v) is 3.85. The maximum atomic E-state index is 5.87. The van der Waals surface area contributed by atoms with Crippen molar-refractivity contribution < 1.29 is 4.42 Å². The third-order valence-electron chi connectivity index (χ3n) is 5.10. The average molecular weight is 285 g/mol. The molecule has 0 aliphatic heterocycles. The van der Waals surface area contributed by atoms with Crippen molar-refractivity contribution in [2.45, 2.75) is 65.0 Å². The summed E-state index contributed by atoms with van der Waals surface area (Å²) in [6.45, 7) is 5.32. The van der Waals surface area contributed by atoms with Gasteiger partial charge >= 0.3 is 0 Å². The molecule has 0 spiro atoms. The van der Waals surface area contributed by atoms with Gasteiger partial charge in [-0.2, -0.15) is 0 Å². The van der Waals surface area contributed by atoms with E-state index in [4.69, 9.17) is 4.42 Å². The van der Waals surface area contributed by atoms with Gasteiger partial charge in [0.05, 0.1) is 0 Å². The maximum absolute atomic E-state index is 5.87. The lowest BCUT2D eigenvalue weighted by Crippen LogP contribution is -2.36. The molecular formula is C19H27NO. The van der Waals surface area contributed by atoms with Gasteiger partial charge in [0.15, 0.2) is 0 Å². The van der Waals surface area contributed by atoms with E-state index in [-0.39, 0.29) is 0 Å². The first kappa shape index (κ1) is 14.6. The summed E-state index contributed by atoms with van der Waals surface area (Å²) in [5, 5.41) is 5.08. The van der Waals surface area contributed by atoms with Crippen LogP contribution in [0.25, 0.3) is 11.0 Å². The molecule has 0 amide bonds. The summed E-state index contributed by atoms with van der Waals surface area (Å²) in [6, 6.07) is 9.02. The zero-order valence-corrected chi connectivity index (χ0v) is 13.3. The molecule has 0 radical (unpaired) electrons. The molecule has 0 bridgehead atoms. The lowest BCUT2D eigenvalue weighted by Gasteiger charge is -2.30. The van der Waals surface area contributed by atoms with E-state index in [1.54, 1.807) is 0 Å². The molecule has 2 aromatic rings. The van der Waals surface area contributed by atoms with E-state index in [2.05, 4.69) is 37.4 Å². The molecular weight excluding hydrogens is 258 g/mol. The summed E-state index contributed by atoms with van der Waals surface area (Å²) in [6.07, 6.45) is 8.28. The number of para-hydroxylation sites is 1. The van der Waals surface area contributed by atoms with Crippen LogP contribution in [0.2, 0.25) is 0 Å². The highest BCUT2D eigenvalue weighted by Gasteiger charge is 2.22. The van der Waals surface area contributed by atoms with Crippen LogP contribution in [0, 0.1) is 12.8 Å². The fraction of sp³-hybridized carbons (Fsp3) is 0.579. The molecule has 3 rings (SSSR count). The molecule has 1 aromatic carbocycles. The van der Waals surface area contributed by atoms with Gasteiger partial charge in [-0.15, -0.1) is 0 Å². The zero-order chi connectivity index (χ0) is 14.7. The second-order valence-electron chi connectivity index (χ2n) is 6.43. The van der Waals surface area contributed by atoms with Crippen molar-refractivity contribution >= 4 is 11.0 Å². The first-order valence-electron chi connectivity index (χ1n) is 8.50. The Morgan fingerprint density at radius 1 is 1.19 bits per heavy atom. The van der Waals surface area contributed by atoms with Crippen LogP contribution in [0.5, 0.6) is 0 Å². The van der Waals surface area contributed by atoms with Crippen LogP contribution in [0.1, 0.15) is 56.8 Å². The highest BCUT2D eigenvalue weighted by atomic mass is 16.3. The second kappa shape index (κ2) is 6.65. The summed E-state index contributed by atoms with van der Waals surface area (Å²) < 4.78 is 5.87. The Morgan fingerprint density at radius 3 is 2.71 bits per heavy atom. The summed E-state index contributed by atoms with van der Waals surface area (Å²) >= 11 is 0. The molecule has 21 heavy (non-hydrogen) atoms. The molecule has 1 aromatic heterocycles. The van der Waals surface area contributed by atoms with Crippen molar-refractivity contribution in [1.82, 2.24) is 5.32 Å². The van der Waals surface area contributed by atoms with E-state index < -0.39 is 0 Å². The molecule has 0 saturated heterocycles. The van der Waals surface area contributed by atoms with Crippen molar-refractivity contribution in [1.29, 1.82) is 0 Å². The molecule has 1 unspecified atom stereocenters. The van der Waals surface area contributed by atoms with Gasteiger partial charge in [0, 0.05) is 23.5 Å². The zero-order valence-electron chi connectivity index (χ0n) is 13.3. The van der Waals surface area contributed by atoms with Gasteiger partial charge in [-0.25, -0.2) is 0 Å². The fourth-order valence-electron chi connectivity index (χ4n) is 3.85. The van der Waals surface area contributed by atoms with Crippen LogP contribution in [0.3, 0.4) is 0 Å². The van der Waals surface area contributed by atoms with Gasteiger partial charge < -0.3 is 9.73 Å². The first-order valence-corrected chi connectivity index (χ1v) is 8.50. The van der Waals surface area contributed by atoms with Crippen molar-refractivity contribution in [2.24, 2.45) is 5.92 Å². The Labute approximate surface area is 127 Å². The quantitative estimate of drug-likeness (QED) is 0.817. The SMILES string of the molecule is CCC(NCc1c(C)oc2ccccc12)C1CCCCC1. The van der Waals surface area contributed by atoms with Gasteiger partial charge in [-0.1, -0.05) is 44.4 Å². The normalized spacial score (nSPS) is 18.2. The van der Waals surface area contributed by atoms with Crippen molar-refractivity contribution in [3.63, 3.8) is 0 Å². The van der Waals surface area contributed by atoms with E-state index in [1.807, 2.05) is 6.07 Å². The van der Waals surface area contributed by atoms with Crippen LogP contribution >= 0.6 is 0 Å². The Hall–Kier alpha value is -1.28. The van der Waals surface area contributed by atoms with Gasteiger partial charge in [0.2, 0.25) is 0 Å². The van der Waals surface area contributed by atoms with Gasteiger partial charge in [-0.3, -0.25) is 0 Å². The minimum absolute atomic E-state index is 0.651. The molecule has 1 heterocycles. The van der Waals surface area contributed by atoms with Gasteiger partial charge in [0.25, 0.3) is 0 Å². The molecule has 1 saturated carbocycles. The first-order chi connectivity index (χ1) is 10.3. The molecule has 1 aliphatic carbocycles. The summed E-state index contributed by atoms with van der Waals surface area (Å²) in [5.74, 6) is 1.92. The number of benzene rings is 1. The van der Waals surface area contributed by atoms with E-state index in [9.17, 15) is 0 Å². The predicted molar refractivity (Wildman–Crippen MR) is 88.4 cm³/mol. The van der Waals surface area contributed by atoms with E-state index in [0.717, 1.165) is 23.8 Å². The number of fused-ring (bicyclic) bond motifs is 1. The van der Waals surface area contributed by atoms with Crippen LogP contribution in [-0.4, -0.2) is 6.04 Å². The largest absolute Gasteiger partial charge is 0.461 e. The molecule has 2 heteroatoms. The smallest absolute Gasteiger partial charge is 0.134 e. The number of hydrogen-bond acceptors (Lipinski definition) is 2. The van der Waals surface area contributed by atoms with E-state index in [0.29, 0.717) is 6.04 Å². The molecule has 1 aliphatic rings. The monoisotopic (exact) mass is 285 g/mol. The Kier molecular flexibility index (Phi) is 4.64. The Balaban J connectivity index is 1.71. The molecule has 1 atom stereocenters. The van der Waals surface area contributed by atoms with Crippen LogP contribution in [0.4, 0.5) is 0 Å². The molecule has 1 fully saturated rings. The second-order valence-corrected chi connectivity index (χ2v) is 6.43. The highest BCUT2D eigenvalue weighted by molar-refractivity contribution is 5.82. The van der Waals surface area contributed by atoms with Crippen molar-refractivity contribution in [3.05, 3.63) is 35.6 Å². The van der Waals surface area contributed by atoms with Gasteiger partial charge in [0.1, 0.15) is 11.3 Å². The minimum atomic E-state index is 0.651. The third-order valence-corrected chi connectivity index (χ3v) is 5.10. The molecule has 2 nitrogen and oxygen atoms in total. The standard InChI is InChI=1S/C19H27NO/c1-3-18(15-9-5-4-6-10-15)20-13-17-14(2)21-19-12-8-7-11-16(17)19/h7-8,11-12,15,18,20H,3-6,9-10,13H2,1-2H3. The lowest BCUT2D eigenvalue weighted by molar-refractivity contribution is 0.261. The van der Waals surface area contributed by atoms with Crippen LogP contribution < -0.4 is 5.32 Å². The number of hydrogen-bond donors (Lipinski definition) is 1. The third kappa shape index (κ3) is 3.16. The number of nitrogens with one attached hydrogen (secondary N) is 1. The van der Waals surface area contributed by atoms with Crippen LogP contribution in [-0.2, 0) is 6.54 Å². The number of rotatable bonds is 5. The molecule has 114 valence electrons. The highest BCUT2D eigenvalue weighted by Crippen LogP contribution is 2.29. The van der Waals surface area contributed by atoms with Gasteiger partial charge in [-0.05, 0) is 38.2 Å². The Morgan fingerprint density at radius 2 is 1.95 bits per heavy atom. The molecule has 1 N–H and O–H groups in total. The average Bonchev–Trinajstić information content (AvgIpc) is 2.85. The summed E-state index contributed by atoms with van der Waals surface area (Å²) in [5.41, 5.74) is 2.34. The van der Waals surface area contributed by atoms with E-state index in [1.165, 1.54) is 49.5 Å². The lowest BCUT2D eigenvalue weighted by atomic mass is 9.83. The minimum Gasteiger partial charge on any atom is -0.461 e. The van der Waals surface area contributed by atoms with E-state index >= 15 is 0 Å². The number of aryl methyl sites for hydroxylation is 1. The predicted octanol–water partition coefficient (Wildman–Crippen LogP) is 5.19. The summed E-state index contributed by atoms with van der Waals surface area (Å²) in [7, 11) is 0.